The third-order valence-corrected chi connectivity index (χ3v) is 6.84. The van der Waals surface area contributed by atoms with Gasteiger partial charge in [0.1, 0.15) is 12.4 Å². The lowest BCUT2D eigenvalue weighted by atomic mass is 10.2. The Kier molecular flexibility index (Phi) is 10.9. The number of nitrogens with one attached hydrogen (secondary N) is 1. The average molecular weight is 709 g/mol. The number of carbonyl (C=O) groups is 2. The lowest BCUT2D eigenvalue weighted by molar-refractivity contribution is -0.207. The van der Waals surface area contributed by atoms with Gasteiger partial charge in [-0.3, -0.25) is 9.36 Å². The molecule has 258 valence electrons. The van der Waals surface area contributed by atoms with Crippen molar-refractivity contribution in [3.05, 3.63) is 81.5 Å². The second-order valence-electron chi connectivity index (χ2n) is 10.0. The van der Waals surface area contributed by atoms with Crippen molar-refractivity contribution >= 4 is 23.5 Å². The molecule has 13 nitrogen and oxygen atoms in total. The number of amides is 1. The van der Waals surface area contributed by atoms with E-state index in [2.05, 4.69) is 20.5 Å². The van der Waals surface area contributed by atoms with Crippen LogP contribution in [0, 0.1) is 5.82 Å². The number of aliphatic hydroxyl groups excluding tert-OH is 1. The third-order valence-electron chi connectivity index (χ3n) is 6.59. The normalized spacial score (nSPS) is 14.3. The molecule has 1 amide bonds. The van der Waals surface area contributed by atoms with Crippen LogP contribution in [0.1, 0.15) is 16.4 Å². The molecule has 1 aliphatic heterocycles. The summed E-state index contributed by atoms with van der Waals surface area (Å²) < 4.78 is 88.0. The molecule has 4 aromatic rings. The predicted molar refractivity (Wildman–Crippen MR) is 152 cm³/mol. The van der Waals surface area contributed by atoms with Crippen molar-refractivity contribution in [1.29, 1.82) is 0 Å². The number of halogens is 8. The van der Waals surface area contributed by atoms with Crippen molar-refractivity contribution in [1.82, 2.24) is 39.3 Å². The van der Waals surface area contributed by atoms with Crippen LogP contribution in [0.3, 0.4) is 0 Å². The van der Waals surface area contributed by atoms with Crippen molar-refractivity contribution in [2.24, 2.45) is 0 Å². The Labute approximate surface area is 269 Å². The van der Waals surface area contributed by atoms with Crippen LogP contribution in [0.25, 0.3) is 17.1 Å². The summed E-state index contributed by atoms with van der Waals surface area (Å²) in [6.45, 7) is 0.393. The lowest BCUT2D eigenvalue weighted by Crippen LogP contribution is -2.47. The molecule has 0 aliphatic carbocycles. The first kappa shape index (κ1) is 36.0. The number of piperazine rings is 1. The minimum absolute atomic E-state index is 0.0708. The van der Waals surface area contributed by atoms with Gasteiger partial charge in [0, 0.05) is 36.8 Å². The monoisotopic (exact) mass is 708 g/mol. The molecule has 0 saturated carbocycles. The highest BCUT2D eigenvalue weighted by Gasteiger charge is 2.40. The standard InChI is InChI=1S/C25H23ClF4N8O3.C2HF3O2/c26-16-6-4-15(5-7-16)21-34-37(24(41)36(21)13-19(39)25(28,29)30)14-20-32-22(23(40)35-10-8-31-9-11-35)38(33-20)18-3-1-2-17(27)12-18;3-2(4,5)1(6)7/h1-7,12,19,31,39H,8-11,13-14H2;(H,6,7). The van der Waals surface area contributed by atoms with Crippen LogP contribution < -0.4 is 11.0 Å². The van der Waals surface area contributed by atoms with Crippen LogP contribution in [0.5, 0.6) is 0 Å². The van der Waals surface area contributed by atoms with Crippen LogP contribution in [0.4, 0.5) is 30.7 Å². The van der Waals surface area contributed by atoms with E-state index in [0.717, 1.165) is 15.4 Å². The van der Waals surface area contributed by atoms with Gasteiger partial charge in [-0.2, -0.15) is 26.3 Å². The second kappa shape index (κ2) is 14.5. The number of hydrogen-bond donors (Lipinski definition) is 3. The Morgan fingerprint density at radius 3 is 2.19 bits per heavy atom. The van der Waals surface area contributed by atoms with Crippen LogP contribution in [0.15, 0.2) is 53.3 Å². The molecule has 3 N–H and O–H groups in total. The van der Waals surface area contributed by atoms with E-state index in [9.17, 15) is 45.4 Å². The van der Waals surface area contributed by atoms with Gasteiger partial charge in [-0.25, -0.2) is 28.3 Å². The molecule has 0 bridgehead atoms. The van der Waals surface area contributed by atoms with Gasteiger partial charge in [0.2, 0.25) is 5.82 Å². The van der Waals surface area contributed by atoms with Crippen molar-refractivity contribution < 1.29 is 50.5 Å². The summed E-state index contributed by atoms with van der Waals surface area (Å²) in [6, 6.07) is 11.2. The SMILES string of the molecule is O=C(O)C(F)(F)F.O=C(c1nc(Cn2nc(-c3ccc(Cl)cc3)n(CC(O)C(F)(F)F)c2=O)nn1-c1cccc(F)c1)N1CCNCC1. The molecule has 48 heavy (non-hydrogen) atoms. The topological polar surface area (TPSA) is 160 Å². The quantitative estimate of drug-likeness (QED) is 0.246. The van der Waals surface area contributed by atoms with Gasteiger partial charge in [-0.15, -0.1) is 10.2 Å². The summed E-state index contributed by atoms with van der Waals surface area (Å²) in [7, 11) is 0. The number of benzene rings is 2. The maximum Gasteiger partial charge on any atom is 0.490 e. The van der Waals surface area contributed by atoms with Gasteiger partial charge >= 0.3 is 24.0 Å². The number of hydrogen-bond acceptors (Lipinski definition) is 8. The molecule has 0 spiro atoms. The Morgan fingerprint density at radius 2 is 1.62 bits per heavy atom. The minimum atomic E-state index is -5.08. The Balaban J connectivity index is 0.000000671. The summed E-state index contributed by atoms with van der Waals surface area (Å²) in [5.41, 5.74) is -0.502. The van der Waals surface area contributed by atoms with Crippen molar-refractivity contribution in [3.8, 4) is 17.1 Å². The fourth-order valence-electron chi connectivity index (χ4n) is 4.29. The Morgan fingerprint density at radius 1 is 1.00 bits per heavy atom. The fourth-order valence-corrected chi connectivity index (χ4v) is 4.41. The van der Waals surface area contributed by atoms with Gasteiger partial charge in [0.25, 0.3) is 5.91 Å². The molecule has 2 aromatic carbocycles. The van der Waals surface area contributed by atoms with Crippen molar-refractivity contribution in [3.63, 3.8) is 0 Å². The number of alkyl halides is 6. The summed E-state index contributed by atoms with van der Waals surface area (Å²) in [5, 5.41) is 28.8. The molecular formula is C27H24ClF7N8O5. The third kappa shape index (κ3) is 8.75. The number of carboxylic acids is 1. The zero-order valence-corrected chi connectivity index (χ0v) is 25.0. The van der Waals surface area contributed by atoms with Crippen LogP contribution in [-0.2, 0) is 17.9 Å². The molecule has 2 aromatic heterocycles. The van der Waals surface area contributed by atoms with E-state index in [0.29, 0.717) is 35.8 Å². The summed E-state index contributed by atoms with van der Waals surface area (Å²) in [5.74, 6) is -4.17. The van der Waals surface area contributed by atoms with Crippen LogP contribution in [0.2, 0.25) is 5.02 Å². The number of aromatic nitrogens is 6. The van der Waals surface area contributed by atoms with Gasteiger partial charge in [-0.1, -0.05) is 17.7 Å². The van der Waals surface area contributed by atoms with Crippen molar-refractivity contribution in [2.45, 2.75) is 31.5 Å². The predicted octanol–water partition coefficient (Wildman–Crippen LogP) is 2.74. The van der Waals surface area contributed by atoms with Gasteiger partial charge in [-0.05, 0) is 42.5 Å². The number of carboxylic acid groups (broad SMARTS) is 1. The molecule has 5 rings (SSSR count). The van der Waals surface area contributed by atoms with E-state index in [1.807, 2.05) is 0 Å². The Bertz CT molecular complexity index is 1820. The number of aliphatic hydroxyl groups is 1. The van der Waals surface area contributed by atoms with Crippen LogP contribution in [-0.4, -0.2) is 101 Å². The zero-order chi connectivity index (χ0) is 35.4. The molecule has 1 saturated heterocycles. The minimum Gasteiger partial charge on any atom is -0.475 e. The number of carbonyl (C=O) groups excluding carboxylic acids is 1. The van der Waals surface area contributed by atoms with E-state index >= 15 is 0 Å². The van der Waals surface area contributed by atoms with Gasteiger partial charge in [0.05, 0.1) is 12.2 Å². The van der Waals surface area contributed by atoms with Gasteiger partial charge in [0.15, 0.2) is 17.8 Å². The summed E-state index contributed by atoms with van der Waals surface area (Å²) >= 11 is 5.93. The molecule has 3 heterocycles. The molecule has 1 atom stereocenters. The van der Waals surface area contributed by atoms with E-state index in [4.69, 9.17) is 21.5 Å². The van der Waals surface area contributed by atoms with Crippen molar-refractivity contribution in [2.75, 3.05) is 26.2 Å². The largest absolute Gasteiger partial charge is 0.490 e. The summed E-state index contributed by atoms with van der Waals surface area (Å²) in [6.07, 6.45) is -12.9. The highest BCUT2D eigenvalue weighted by atomic mass is 35.5. The average Bonchev–Trinajstić information content (AvgIpc) is 3.58. The molecular weight excluding hydrogens is 685 g/mol. The van der Waals surface area contributed by atoms with Crippen LogP contribution >= 0.6 is 11.6 Å². The van der Waals surface area contributed by atoms with Gasteiger partial charge < -0.3 is 20.4 Å². The van der Waals surface area contributed by atoms with E-state index < -0.39 is 54.9 Å². The molecule has 0 radical (unpaired) electrons. The highest BCUT2D eigenvalue weighted by Crippen LogP contribution is 2.24. The summed E-state index contributed by atoms with van der Waals surface area (Å²) in [4.78, 5) is 41.4. The first-order valence-electron chi connectivity index (χ1n) is 13.7. The molecule has 1 unspecified atom stereocenters. The number of nitrogens with zero attached hydrogens (tertiary/aromatic N) is 7. The zero-order valence-electron chi connectivity index (χ0n) is 24.2. The van der Waals surface area contributed by atoms with E-state index in [1.54, 1.807) is 4.90 Å². The Hall–Kier alpha value is -4.82. The first-order valence-corrected chi connectivity index (χ1v) is 14.0. The maximum absolute atomic E-state index is 14.0. The highest BCUT2D eigenvalue weighted by molar-refractivity contribution is 6.30. The van der Waals surface area contributed by atoms with E-state index in [1.165, 1.54) is 42.5 Å². The maximum atomic E-state index is 14.0. The molecule has 21 heteroatoms. The molecule has 1 aliphatic rings. The smallest absolute Gasteiger partial charge is 0.475 e. The lowest BCUT2D eigenvalue weighted by Gasteiger charge is -2.26. The second-order valence-corrected chi connectivity index (χ2v) is 10.5. The number of aliphatic carboxylic acids is 1. The first-order chi connectivity index (χ1) is 22.5. The number of rotatable bonds is 7. The fraction of sp³-hybridized carbons (Fsp3) is 0.333. The molecule has 1 fully saturated rings. The van der Waals surface area contributed by atoms with E-state index in [-0.39, 0.29) is 28.7 Å².